The fourth-order valence-electron chi connectivity index (χ4n) is 1.97. The minimum Gasteiger partial charge on any atom is -0.388 e. The molecule has 0 aliphatic rings. The van der Waals surface area contributed by atoms with Gasteiger partial charge >= 0.3 is 0 Å². The topological polar surface area (TPSA) is 20.2 Å². The van der Waals surface area contributed by atoms with Gasteiger partial charge in [0.1, 0.15) is 0 Å². The van der Waals surface area contributed by atoms with Gasteiger partial charge in [-0.2, -0.15) is 0 Å². The summed E-state index contributed by atoms with van der Waals surface area (Å²) in [6.07, 6.45) is -1.07. The van der Waals surface area contributed by atoms with Crippen LogP contribution < -0.4 is 0 Å². The average Bonchev–Trinajstić information content (AvgIpc) is 2.36. The quantitative estimate of drug-likeness (QED) is 0.840. The Hall–Kier alpha value is -1.81. The van der Waals surface area contributed by atoms with Gasteiger partial charge in [0.05, 0.1) is 6.10 Å². The van der Waals surface area contributed by atoms with E-state index in [1.807, 2.05) is 25.1 Å². The van der Waals surface area contributed by atoms with E-state index in [1.165, 1.54) is 0 Å². The van der Waals surface area contributed by atoms with Crippen LogP contribution in [0, 0.1) is 24.4 Å². The van der Waals surface area contributed by atoms with Crippen molar-refractivity contribution in [2.45, 2.75) is 19.4 Å². The van der Waals surface area contributed by atoms with Crippen molar-refractivity contribution < 1.29 is 18.3 Å². The molecule has 2 aromatic carbocycles. The van der Waals surface area contributed by atoms with Gasteiger partial charge in [-0.15, -0.1) is 0 Å². The number of benzene rings is 2. The highest BCUT2D eigenvalue weighted by atomic mass is 19.2. The van der Waals surface area contributed by atoms with Gasteiger partial charge in [-0.25, -0.2) is 13.2 Å². The summed E-state index contributed by atoms with van der Waals surface area (Å²) in [4.78, 5) is 0. The zero-order valence-electron chi connectivity index (χ0n) is 10.3. The predicted molar refractivity (Wildman–Crippen MR) is 66.2 cm³/mol. The van der Waals surface area contributed by atoms with Crippen molar-refractivity contribution in [3.63, 3.8) is 0 Å². The Balaban J connectivity index is 2.25. The Labute approximate surface area is 109 Å². The van der Waals surface area contributed by atoms with Crippen molar-refractivity contribution >= 4 is 0 Å². The van der Waals surface area contributed by atoms with Crippen LogP contribution in [0.4, 0.5) is 13.2 Å². The Morgan fingerprint density at radius 3 is 2.47 bits per heavy atom. The molecule has 0 amide bonds. The molecule has 1 unspecified atom stereocenters. The first-order valence-electron chi connectivity index (χ1n) is 5.86. The summed E-state index contributed by atoms with van der Waals surface area (Å²) in [6, 6.07) is 9.23. The number of hydrogen-bond acceptors (Lipinski definition) is 1. The molecule has 2 rings (SSSR count). The van der Waals surface area contributed by atoms with Crippen molar-refractivity contribution in [3.05, 3.63) is 70.5 Å². The van der Waals surface area contributed by atoms with Crippen molar-refractivity contribution in [1.82, 2.24) is 0 Å². The minimum atomic E-state index is -1.55. The third-order valence-electron chi connectivity index (χ3n) is 2.94. The summed E-state index contributed by atoms with van der Waals surface area (Å²) in [5.41, 5.74) is 1.58. The second-order valence-corrected chi connectivity index (χ2v) is 4.47. The Bertz CT molecular complexity index is 596. The third-order valence-corrected chi connectivity index (χ3v) is 2.94. The van der Waals surface area contributed by atoms with Gasteiger partial charge in [-0.3, -0.25) is 0 Å². The lowest BCUT2D eigenvalue weighted by molar-refractivity contribution is 0.172. The van der Waals surface area contributed by atoms with Crippen LogP contribution in [-0.4, -0.2) is 5.11 Å². The second kappa shape index (κ2) is 5.45. The van der Waals surface area contributed by atoms with Crippen molar-refractivity contribution in [2.24, 2.45) is 0 Å². The van der Waals surface area contributed by atoms with E-state index in [9.17, 15) is 18.3 Å². The lowest BCUT2D eigenvalue weighted by Gasteiger charge is -2.13. The Morgan fingerprint density at radius 2 is 1.79 bits per heavy atom. The highest BCUT2D eigenvalue weighted by molar-refractivity contribution is 5.27. The molecule has 1 nitrogen and oxygen atoms in total. The first-order valence-corrected chi connectivity index (χ1v) is 5.86. The average molecular weight is 266 g/mol. The molecule has 1 N–H and O–H groups in total. The fraction of sp³-hybridized carbons (Fsp3) is 0.200. The summed E-state index contributed by atoms with van der Waals surface area (Å²) < 4.78 is 39.4. The van der Waals surface area contributed by atoms with Crippen molar-refractivity contribution in [2.75, 3.05) is 0 Å². The molecule has 0 saturated carbocycles. The van der Waals surface area contributed by atoms with E-state index in [-0.39, 0.29) is 12.0 Å². The minimum absolute atomic E-state index is 0.143. The number of hydrogen-bond donors (Lipinski definition) is 1. The second-order valence-electron chi connectivity index (χ2n) is 4.47. The fourth-order valence-corrected chi connectivity index (χ4v) is 1.97. The lowest BCUT2D eigenvalue weighted by Crippen LogP contribution is -2.07. The Morgan fingerprint density at radius 1 is 1.05 bits per heavy atom. The van der Waals surface area contributed by atoms with Crippen LogP contribution in [0.25, 0.3) is 0 Å². The van der Waals surface area contributed by atoms with Crippen LogP contribution in [0.15, 0.2) is 36.4 Å². The monoisotopic (exact) mass is 266 g/mol. The summed E-state index contributed by atoms with van der Waals surface area (Å²) in [5, 5.41) is 9.93. The van der Waals surface area contributed by atoms with Crippen LogP contribution in [-0.2, 0) is 6.42 Å². The van der Waals surface area contributed by atoms with Gasteiger partial charge in [0.15, 0.2) is 17.5 Å². The van der Waals surface area contributed by atoms with E-state index in [0.29, 0.717) is 0 Å². The number of aryl methyl sites for hydroxylation is 1. The first kappa shape index (κ1) is 13.6. The molecule has 0 spiro atoms. The van der Waals surface area contributed by atoms with Crippen LogP contribution in [0.1, 0.15) is 22.8 Å². The molecule has 0 aliphatic carbocycles. The highest BCUT2D eigenvalue weighted by Gasteiger charge is 2.19. The van der Waals surface area contributed by atoms with Crippen LogP contribution in [0.3, 0.4) is 0 Å². The van der Waals surface area contributed by atoms with Crippen molar-refractivity contribution in [1.29, 1.82) is 0 Å². The molecule has 100 valence electrons. The molecule has 0 saturated heterocycles. The zero-order chi connectivity index (χ0) is 14.0. The summed E-state index contributed by atoms with van der Waals surface area (Å²) >= 11 is 0. The van der Waals surface area contributed by atoms with Gasteiger partial charge in [0.25, 0.3) is 0 Å². The molecule has 19 heavy (non-hydrogen) atoms. The molecule has 2 aromatic rings. The van der Waals surface area contributed by atoms with E-state index >= 15 is 0 Å². The molecule has 0 aliphatic heterocycles. The van der Waals surface area contributed by atoms with Gasteiger partial charge in [-0.1, -0.05) is 35.9 Å². The number of rotatable bonds is 3. The molecule has 0 fully saturated rings. The van der Waals surface area contributed by atoms with E-state index < -0.39 is 23.6 Å². The van der Waals surface area contributed by atoms with E-state index in [4.69, 9.17) is 0 Å². The number of halogens is 3. The molecule has 0 heterocycles. The molecule has 4 heteroatoms. The predicted octanol–water partition coefficient (Wildman–Crippen LogP) is 3.69. The standard InChI is InChI=1S/C15H13F3O/c1-9-3-2-4-10(7-9)8-13(19)11-5-6-12(16)15(18)14(11)17/h2-7,13,19H,8H2,1H3. The smallest absolute Gasteiger partial charge is 0.194 e. The van der Waals surface area contributed by atoms with Gasteiger partial charge in [0, 0.05) is 12.0 Å². The maximum Gasteiger partial charge on any atom is 0.194 e. The molecule has 0 radical (unpaired) electrons. The maximum atomic E-state index is 13.5. The molecule has 0 bridgehead atoms. The lowest BCUT2D eigenvalue weighted by atomic mass is 9.99. The molecule has 0 aromatic heterocycles. The van der Waals surface area contributed by atoms with Gasteiger partial charge in [0.2, 0.25) is 0 Å². The van der Waals surface area contributed by atoms with Crippen LogP contribution in [0.5, 0.6) is 0 Å². The third kappa shape index (κ3) is 2.96. The zero-order valence-corrected chi connectivity index (χ0v) is 10.3. The van der Waals surface area contributed by atoms with Crippen LogP contribution >= 0.6 is 0 Å². The molecule has 1 atom stereocenters. The molecular formula is C15H13F3O. The van der Waals surface area contributed by atoms with Crippen LogP contribution in [0.2, 0.25) is 0 Å². The normalized spacial score (nSPS) is 12.5. The first-order chi connectivity index (χ1) is 8.99. The van der Waals surface area contributed by atoms with Gasteiger partial charge < -0.3 is 5.11 Å². The largest absolute Gasteiger partial charge is 0.388 e. The highest BCUT2D eigenvalue weighted by Crippen LogP contribution is 2.24. The number of aliphatic hydroxyl groups excluding tert-OH is 1. The van der Waals surface area contributed by atoms with E-state index in [0.717, 1.165) is 23.3 Å². The number of aliphatic hydroxyl groups is 1. The summed E-state index contributed by atoms with van der Waals surface area (Å²) in [6.45, 7) is 1.90. The molecular weight excluding hydrogens is 253 g/mol. The van der Waals surface area contributed by atoms with Crippen molar-refractivity contribution in [3.8, 4) is 0 Å². The van der Waals surface area contributed by atoms with E-state index in [2.05, 4.69) is 0 Å². The summed E-state index contributed by atoms with van der Waals surface area (Å²) in [5.74, 6) is -4.15. The van der Waals surface area contributed by atoms with E-state index in [1.54, 1.807) is 6.07 Å². The SMILES string of the molecule is Cc1cccc(CC(O)c2ccc(F)c(F)c2F)c1. The Kier molecular flexibility index (Phi) is 3.90. The maximum absolute atomic E-state index is 13.5. The van der Waals surface area contributed by atoms with Gasteiger partial charge in [-0.05, 0) is 18.6 Å². The summed E-state index contributed by atoms with van der Waals surface area (Å²) in [7, 11) is 0.